The fraction of sp³-hybridized carbons (Fsp3) is 0.333. The Morgan fingerprint density at radius 3 is 2.47 bits per heavy atom. The maximum Gasteiger partial charge on any atom is 0.232 e. The number of amides is 2. The SMILES string of the molecule is C[C@@H]1CC(=O)N(Cc2ccccc2)C1=O. The third kappa shape index (κ3) is 1.91. The summed E-state index contributed by atoms with van der Waals surface area (Å²) in [6.45, 7) is 2.20. The first kappa shape index (κ1) is 9.90. The first-order valence-corrected chi connectivity index (χ1v) is 5.06. The summed E-state index contributed by atoms with van der Waals surface area (Å²) in [5, 5.41) is 0. The molecule has 1 saturated heterocycles. The van der Waals surface area contributed by atoms with Crippen molar-refractivity contribution >= 4 is 11.8 Å². The van der Waals surface area contributed by atoms with Crippen molar-refractivity contribution < 1.29 is 9.59 Å². The van der Waals surface area contributed by atoms with Crippen molar-refractivity contribution in [1.82, 2.24) is 4.90 Å². The molecule has 3 nitrogen and oxygen atoms in total. The van der Waals surface area contributed by atoms with Gasteiger partial charge in [0.15, 0.2) is 0 Å². The van der Waals surface area contributed by atoms with Crippen LogP contribution in [0.5, 0.6) is 0 Å². The molecule has 15 heavy (non-hydrogen) atoms. The summed E-state index contributed by atoms with van der Waals surface area (Å²) < 4.78 is 0. The van der Waals surface area contributed by atoms with E-state index < -0.39 is 0 Å². The molecule has 0 saturated carbocycles. The van der Waals surface area contributed by atoms with E-state index in [0.29, 0.717) is 13.0 Å². The quantitative estimate of drug-likeness (QED) is 0.684. The summed E-state index contributed by atoms with van der Waals surface area (Å²) in [4.78, 5) is 24.5. The Morgan fingerprint density at radius 1 is 1.27 bits per heavy atom. The zero-order chi connectivity index (χ0) is 10.8. The van der Waals surface area contributed by atoms with Gasteiger partial charge in [0.25, 0.3) is 0 Å². The van der Waals surface area contributed by atoms with Crippen LogP contribution in [-0.4, -0.2) is 16.7 Å². The summed E-state index contributed by atoms with van der Waals surface area (Å²) >= 11 is 0. The van der Waals surface area contributed by atoms with Gasteiger partial charge in [0.2, 0.25) is 11.8 Å². The molecule has 0 radical (unpaired) electrons. The Labute approximate surface area is 88.7 Å². The monoisotopic (exact) mass is 203 g/mol. The lowest BCUT2D eigenvalue weighted by molar-refractivity contribution is -0.139. The molecular formula is C12H13NO2. The Kier molecular flexibility index (Phi) is 2.54. The molecule has 0 N–H and O–H groups in total. The van der Waals surface area contributed by atoms with E-state index >= 15 is 0 Å². The predicted octanol–water partition coefficient (Wildman–Crippen LogP) is 1.58. The van der Waals surface area contributed by atoms with Crippen LogP contribution in [0.2, 0.25) is 0 Å². The van der Waals surface area contributed by atoms with Crippen molar-refractivity contribution in [3.8, 4) is 0 Å². The van der Waals surface area contributed by atoms with Gasteiger partial charge in [0.05, 0.1) is 6.54 Å². The molecule has 0 aromatic heterocycles. The molecule has 78 valence electrons. The fourth-order valence-corrected chi connectivity index (χ4v) is 1.78. The minimum Gasteiger partial charge on any atom is -0.278 e. The second kappa shape index (κ2) is 3.85. The molecular weight excluding hydrogens is 190 g/mol. The molecule has 0 bridgehead atoms. The molecule has 3 heteroatoms. The minimum atomic E-state index is -0.152. The molecule has 1 heterocycles. The topological polar surface area (TPSA) is 37.4 Å². The molecule has 2 amide bonds. The molecule has 1 aliphatic heterocycles. The first-order chi connectivity index (χ1) is 7.18. The summed E-state index contributed by atoms with van der Waals surface area (Å²) in [5.74, 6) is -0.263. The van der Waals surface area contributed by atoms with Gasteiger partial charge in [-0.15, -0.1) is 0 Å². The highest BCUT2D eigenvalue weighted by atomic mass is 16.2. The molecule has 1 atom stereocenters. The van der Waals surface area contributed by atoms with E-state index in [1.807, 2.05) is 30.3 Å². The molecule has 1 aromatic rings. The smallest absolute Gasteiger partial charge is 0.232 e. The van der Waals surface area contributed by atoms with E-state index in [4.69, 9.17) is 0 Å². The maximum atomic E-state index is 11.6. The number of imide groups is 1. The van der Waals surface area contributed by atoms with E-state index in [0.717, 1.165) is 5.56 Å². The molecule has 0 spiro atoms. The second-order valence-electron chi connectivity index (χ2n) is 3.91. The normalized spacial score (nSPS) is 21.1. The summed E-state index contributed by atoms with van der Waals surface area (Å²) in [6, 6.07) is 9.57. The number of nitrogens with zero attached hydrogens (tertiary/aromatic N) is 1. The third-order valence-electron chi connectivity index (χ3n) is 2.65. The third-order valence-corrected chi connectivity index (χ3v) is 2.65. The van der Waals surface area contributed by atoms with Gasteiger partial charge in [0.1, 0.15) is 0 Å². The van der Waals surface area contributed by atoms with Crippen molar-refractivity contribution in [2.75, 3.05) is 0 Å². The van der Waals surface area contributed by atoms with Crippen LogP contribution >= 0.6 is 0 Å². The Balaban J connectivity index is 2.13. The van der Waals surface area contributed by atoms with Crippen molar-refractivity contribution in [3.63, 3.8) is 0 Å². The zero-order valence-corrected chi connectivity index (χ0v) is 8.64. The molecule has 1 aliphatic rings. The number of carbonyl (C=O) groups excluding carboxylic acids is 2. The van der Waals surface area contributed by atoms with Gasteiger partial charge in [-0.1, -0.05) is 37.3 Å². The van der Waals surface area contributed by atoms with Gasteiger partial charge in [0, 0.05) is 12.3 Å². The van der Waals surface area contributed by atoms with Crippen LogP contribution in [0, 0.1) is 5.92 Å². The Hall–Kier alpha value is -1.64. The van der Waals surface area contributed by atoms with Gasteiger partial charge >= 0.3 is 0 Å². The molecule has 2 rings (SSSR count). The van der Waals surface area contributed by atoms with Crippen LogP contribution in [0.15, 0.2) is 30.3 Å². The van der Waals surface area contributed by atoms with Crippen LogP contribution in [0.4, 0.5) is 0 Å². The molecule has 1 fully saturated rings. The number of carbonyl (C=O) groups is 2. The Bertz CT molecular complexity index is 386. The van der Waals surface area contributed by atoms with E-state index in [9.17, 15) is 9.59 Å². The number of rotatable bonds is 2. The number of hydrogen-bond acceptors (Lipinski definition) is 2. The van der Waals surface area contributed by atoms with Crippen LogP contribution in [0.3, 0.4) is 0 Å². The first-order valence-electron chi connectivity index (χ1n) is 5.06. The van der Waals surface area contributed by atoms with Crippen molar-refractivity contribution in [2.45, 2.75) is 19.9 Å². The van der Waals surface area contributed by atoms with Gasteiger partial charge < -0.3 is 0 Å². The van der Waals surface area contributed by atoms with Crippen LogP contribution in [0.1, 0.15) is 18.9 Å². The highest BCUT2D eigenvalue weighted by Crippen LogP contribution is 2.20. The van der Waals surface area contributed by atoms with Gasteiger partial charge in [-0.25, -0.2) is 0 Å². The van der Waals surface area contributed by atoms with Crippen LogP contribution in [0.25, 0.3) is 0 Å². The summed E-state index contributed by atoms with van der Waals surface area (Å²) in [7, 11) is 0. The number of hydrogen-bond donors (Lipinski definition) is 0. The maximum absolute atomic E-state index is 11.6. The van der Waals surface area contributed by atoms with E-state index in [1.165, 1.54) is 4.90 Å². The van der Waals surface area contributed by atoms with Crippen LogP contribution in [-0.2, 0) is 16.1 Å². The fourth-order valence-electron chi connectivity index (χ4n) is 1.78. The number of likely N-dealkylation sites (tertiary alicyclic amines) is 1. The zero-order valence-electron chi connectivity index (χ0n) is 8.64. The minimum absolute atomic E-state index is 0.0520. The highest BCUT2D eigenvalue weighted by molar-refractivity contribution is 6.03. The lowest BCUT2D eigenvalue weighted by atomic mass is 10.1. The average Bonchev–Trinajstić information content (AvgIpc) is 2.47. The molecule has 0 unspecified atom stereocenters. The molecule has 1 aromatic carbocycles. The van der Waals surface area contributed by atoms with E-state index in [1.54, 1.807) is 6.92 Å². The predicted molar refractivity (Wildman–Crippen MR) is 55.8 cm³/mol. The summed E-state index contributed by atoms with van der Waals surface area (Å²) in [5.41, 5.74) is 0.994. The lowest BCUT2D eigenvalue weighted by Crippen LogP contribution is -2.29. The highest BCUT2D eigenvalue weighted by Gasteiger charge is 2.35. The van der Waals surface area contributed by atoms with E-state index in [-0.39, 0.29) is 17.7 Å². The second-order valence-corrected chi connectivity index (χ2v) is 3.91. The standard InChI is InChI=1S/C12H13NO2/c1-9-7-11(14)13(12(9)15)8-10-5-3-2-4-6-10/h2-6,9H,7-8H2,1H3/t9-/m1/s1. The van der Waals surface area contributed by atoms with Crippen molar-refractivity contribution in [1.29, 1.82) is 0 Å². The van der Waals surface area contributed by atoms with Crippen molar-refractivity contribution in [2.24, 2.45) is 5.92 Å². The van der Waals surface area contributed by atoms with Gasteiger partial charge in [-0.2, -0.15) is 0 Å². The van der Waals surface area contributed by atoms with Gasteiger partial charge in [-0.05, 0) is 5.56 Å². The van der Waals surface area contributed by atoms with Crippen molar-refractivity contribution in [3.05, 3.63) is 35.9 Å². The van der Waals surface area contributed by atoms with E-state index in [2.05, 4.69) is 0 Å². The molecule has 0 aliphatic carbocycles. The van der Waals surface area contributed by atoms with Gasteiger partial charge in [-0.3, -0.25) is 14.5 Å². The average molecular weight is 203 g/mol. The largest absolute Gasteiger partial charge is 0.278 e. The number of benzene rings is 1. The lowest BCUT2D eigenvalue weighted by Gasteiger charge is -2.13. The summed E-state index contributed by atoms with van der Waals surface area (Å²) in [6.07, 6.45) is 0.353. The van der Waals surface area contributed by atoms with Crippen LogP contribution < -0.4 is 0 Å². The Morgan fingerprint density at radius 2 is 1.93 bits per heavy atom.